The van der Waals surface area contributed by atoms with Gasteiger partial charge in [0.2, 0.25) is 0 Å². The molecule has 6 nitrogen and oxygen atoms in total. The summed E-state index contributed by atoms with van der Waals surface area (Å²) >= 11 is 0. The van der Waals surface area contributed by atoms with Gasteiger partial charge in [-0.15, -0.1) is 0 Å². The van der Waals surface area contributed by atoms with Crippen LogP contribution in [0.1, 0.15) is 35.2 Å². The monoisotopic (exact) mass is 357 g/mol. The van der Waals surface area contributed by atoms with E-state index in [1.807, 2.05) is 4.90 Å². The van der Waals surface area contributed by atoms with Gasteiger partial charge in [0.1, 0.15) is 5.82 Å². The average Bonchev–Trinajstić information content (AvgIpc) is 2.62. The Morgan fingerprint density at radius 3 is 2.50 bits per heavy atom. The van der Waals surface area contributed by atoms with E-state index in [0.717, 1.165) is 25.9 Å². The van der Waals surface area contributed by atoms with Crippen molar-refractivity contribution in [2.24, 2.45) is 0 Å². The molecule has 26 heavy (non-hydrogen) atoms. The molecule has 1 aliphatic rings. The van der Waals surface area contributed by atoms with Gasteiger partial charge in [-0.05, 0) is 56.5 Å². The van der Waals surface area contributed by atoms with Crippen molar-refractivity contribution in [3.8, 4) is 0 Å². The number of aryl methyl sites for hydroxylation is 1. The quantitative estimate of drug-likeness (QED) is 0.654. The Morgan fingerprint density at radius 2 is 1.88 bits per heavy atom. The molecule has 2 aromatic carbocycles. The van der Waals surface area contributed by atoms with Gasteiger partial charge in [-0.3, -0.25) is 14.9 Å². The molecule has 1 aliphatic heterocycles. The molecule has 0 radical (unpaired) electrons. The molecule has 0 spiro atoms. The highest BCUT2D eigenvalue weighted by Gasteiger charge is 2.17. The van der Waals surface area contributed by atoms with Crippen molar-refractivity contribution in [1.82, 2.24) is 0 Å². The maximum Gasteiger partial charge on any atom is 0.272 e. The Morgan fingerprint density at radius 1 is 1.15 bits per heavy atom. The predicted octanol–water partition coefficient (Wildman–Crippen LogP) is 4.28. The van der Waals surface area contributed by atoms with Crippen LogP contribution in [0, 0.1) is 22.9 Å². The minimum absolute atomic E-state index is 0.0431. The van der Waals surface area contributed by atoms with E-state index in [-0.39, 0.29) is 17.1 Å². The van der Waals surface area contributed by atoms with E-state index < -0.39 is 10.8 Å². The summed E-state index contributed by atoms with van der Waals surface area (Å²) in [6.07, 6.45) is 3.27. The lowest BCUT2D eigenvalue weighted by molar-refractivity contribution is -0.385. The number of nitrogens with one attached hydrogen (secondary N) is 1. The lowest BCUT2D eigenvalue weighted by Gasteiger charge is -2.29. The van der Waals surface area contributed by atoms with Crippen molar-refractivity contribution in [3.63, 3.8) is 0 Å². The largest absolute Gasteiger partial charge is 0.369 e. The van der Waals surface area contributed by atoms with E-state index in [4.69, 9.17) is 0 Å². The molecule has 1 saturated heterocycles. The summed E-state index contributed by atoms with van der Waals surface area (Å²) in [5.41, 5.74) is 1.54. The fourth-order valence-corrected chi connectivity index (χ4v) is 3.18. The summed E-state index contributed by atoms with van der Waals surface area (Å²) in [6, 6.07) is 8.79. The maximum absolute atomic E-state index is 14.4. The molecule has 0 aromatic heterocycles. The molecule has 1 N–H and O–H groups in total. The summed E-state index contributed by atoms with van der Waals surface area (Å²) in [5, 5.41) is 13.5. The van der Waals surface area contributed by atoms with E-state index in [0.29, 0.717) is 16.9 Å². The summed E-state index contributed by atoms with van der Waals surface area (Å²) < 4.78 is 14.4. The summed E-state index contributed by atoms with van der Waals surface area (Å²) in [6.45, 7) is 3.25. The Balaban J connectivity index is 1.74. The van der Waals surface area contributed by atoms with Crippen LogP contribution in [-0.4, -0.2) is 23.9 Å². The standard InChI is InChI=1S/C19H20FN3O3/c1-13-11-14(5-7-17(13)23(25)26)19(24)21-15-6-8-18(16(20)12-15)22-9-3-2-4-10-22/h5-8,11-12H,2-4,9-10H2,1H3,(H,21,24). The third-order valence-corrected chi connectivity index (χ3v) is 4.56. The highest BCUT2D eigenvalue weighted by atomic mass is 19.1. The first-order chi connectivity index (χ1) is 12.5. The molecule has 0 saturated carbocycles. The van der Waals surface area contributed by atoms with E-state index in [9.17, 15) is 19.3 Å². The first kappa shape index (κ1) is 17.8. The van der Waals surface area contributed by atoms with Gasteiger partial charge >= 0.3 is 0 Å². The summed E-state index contributed by atoms with van der Waals surface area (Å²) in [7, 11) is 0. The molecule has 1 heterocycles. The van der Waals surface area contributed by atoms with Crippen LogP contribution in [-0.2, 0) is 0 Å². The molecule has 1 amide bonds. The summed E-state index contributed by atoms with van der Waals surface area (Å²) in [4.78, 5) is 24.7. The number of piperidine rings is 1. The van der Waals surface area contributed by atoms with Crippen molar-refractivity contribution in [1.29, 1.82) is 0 Å². The van der Waals surface area contributed by atoms with Gasteiger partial charge in [0, 0.05) is 36.0 Å². The van der Waals surface area contributed by atoms with Gasteiger partial charge < -0.3 is 10.2 Å². The second kappa shape index (κ2) is 7.51. The summed E-state index contributed by atoms with van der Waals surface area (Å²) in [5.74, 6) is -0.808. The van der Waals surface area contributed by atoms with Crippen LogP contribution in [0.15, 0.2) is 36.4 Å². The number of rotatable bonds is 4. The molecule has 0 bridgehead atoms. The number of nitro groups is 1. The third kappa shape index (κ3) is 3.82. The lowest BCUT2D eigenvalue weighted by atomic mass is 10.1. The van der Waals surface area contributed by atoms with Crippen molar-refractivity contribution < 1.29 is 14.1 Å². The van der Waals surface area contributed by atoms with Crippen molar-refractivity contribution in [3.05, 3.63) is 63.5 Å². The molecular formula is C19H20FN3O3. The number of carbonyl (C=O) groups is 1. The Hall–Kier alpha value is -2.96. The first-order valence-corrected chi connectivity index (χ1v) is 8.56. The zero-order valence-corrected chi connectivity index (χ0v) is 14.5. The van der Waals surface area contributed by atoms with Gasteiger partial charge in [0.25, 0.3) is 11.6 Å². The number of amides is 1. The number of anilines is 2. The van der Waals surface area contributed by atoms with E-state index in [1.54, 1.807) is 19.1 Å². The zero-order chi connectivity index (χ0) is 18.7. The van der Waals surface area contributed by atoms with Gasteiger partial charge in [0.15, 0.2) is 0 Å². The molecule has 7 heteroatoms. The lowest BCUT2D eigenvalue weighted by Crippen LogP contribution is -2.30. The van der Waals surface area contributed by atoms with Crippen LogP contribution in [0.3, 0.4) is 0 Å². The molecule has 2 aromatic rings. The van der Waals surface area contributed by atoms with Gasteiger partial charge in [0.05, 0.1) is 10.6 Å². The number of carbonyl (C=O) groups excluding carboxylic acids is 1. The van der Waals surface area contributed by atoms with Gasteiger partial charge in [-0.2, -0.15) is 0 Å². The number of hydrogen-bond donors (Lipinski definition) is 1. The number of hydrogen-bond acceptors (Lipinski definition) is 4. The fraction of sp³-hybridized carbons (Fsp3) is 0.316. The molecular weight excluding hydrogens is 337 g/mol. The number of halogens is 1. The van der Waals surface area contributed by atoms with Crippen molar-refractivity contribution in [2.75, 3.05) is 23.3 Å². The molecule has 1 fully saturated rings. The Labute approximate surface area is 150 Å². The molecule has 136 valence electrons. The minimum atomic E-state index is -0.494. The Kier molecular flexibility index (Phi) is 5.16. The van der Waals surface area contributed by atoms with Gasteiger partial charge in [-0.1, -0.05) is 0 Å². The topological polar surface area (TPSA) is 75.5 Å². The molecule has 0 atom stereocenters. The Bertz CT molecular complexity index is 848. The fourth-order valence-electron chi connectivity index (χ4n) is 3.18. The average molecular weight is 357 g/mol. The van der Waals surface area contributed by atoms with Crippen molar-refractivity contribution >= 4 is 23.0 Å². The van der Waals surface area contributed by atoms with Crippen LogP contribution in [0.2, 0.25) is 0 Å². The second-order valence-electron chi connectivity index (χ2n) is 6.43. The highest BCUT2D eigenvalue weighted by molar-refractivity contribution is 6.04. The van der Waals surface area contributed by atoms with Gasteiger partial charge in [-0.25, -0.2) is 4.39 Å². The van der Waals surface area contributed by atoms with Crippen LogP contribution in [0.4, 0.5) is 21.5 Å². The van der Waals surface area contributed by atoms with Crippen LogP contribution >= 0.6 is 0 Å². The number of nitrogens with zero attached hydrogens (tertiary/aromatic N) is 2. The van der Waals surface area contributed by atoms with E-state index >= 15 is 0 Å². The van der Waals surface area contributed by atoms with E-state index in [1.165, 1.54) is 30.7 Å². The smallest absolute Gasteiger partial charge is 0.272 e. The van der Waals surface area contributed by atoms with Crippen LogP contribution in [0.25, 0.3) is 0 Å². The minimum Gasteiger partial charge on any atom is -0.369 e. The predicted molar refractivity (Wildman–Crippen MR) is 98.3 cm³/mol. The number of nitro benzene ring substituents is 1. The third-order valence-electron chi connectivity index (χ3n) is 4.56. The number of benzene rings is 2. The SMILES string of the molecule is Cc1cc(C(=O)Nc2ccc(N3CCCCC3)c(F)c2)ccc1[N+](=O)[O-]. The van der Waals surface area contributed by atoms with Crippen molar-refractivity contribution in [2.45, 2.75) is 26.2 Å². The maximum atomic E-state index is 14.4. The normalized spacial score (nSPS) is 14.2. The van der Waals surface area contributed by atoms with E-state index in [2.05, 4.69) is 5.32 Å². The van der Waals surface area contributed by atoms with Crippen LogP contribution < -0.4 is 10.2 Å². The molecule has 0 aliphatic carbocycles. The van der Waals surface area contributed by atoms with Crippen LogP contribution in [0.5, 0.6) is 0 Å². The first-order valence-electron chi connectivity index (χ1n) is 8.56. The molecule has 0 unspecified atom stereocenters. The molecule has 3 rings (SSSR count). The zero-order valence-electron chi connectivity index (χ0n) is 14.5. The highest BCUT2D eigenvalue weighted by Crippen LogP contribution is 2.26. The second-order valence-corrected chi connectivity index (χ2v) is 6.43.